The lowest BCUT2D eigenvalue weighted by Crippen LogP contribution is -2.26. The van der Waals surface area contributed by atoms with E-state index in [2.05, 4.69) is 46.4 Å². The number of hydrogen-bond acceptors (Lipinski definition) is 8. The summed E-state index contributed by atoms with van der Waals surface area (Å²) in [7, 11) is 0. The Labute approximate surface area is 248 Å². The van der Waals surface area contributed by atoms with Crippen LogP contribution in [0.25, 0.3) is 0 Å². The normalized spacial score (nSPS) is 14.0. The predicted molar refractivity (Wildman–Crippen MR) is 174 cm³/mol. The van der Waals surface area contributed by atoms with Gasteiger partial charge in [-0.25, -0.2) is 4.99 Å². The van der Waals surface area contributed by atoms with Crippen molar-refractivity contribution >= 4 is 39.9 Å². The fourth-order valence-electron chi connectivity index (χ4n) is 4.94. The molecule has 4 rings (SSSR count). The fourth-order valence-corrected chi connectivity index (χ4v) is 4.94. The molecule has 1 aliphatic rings. The molecule has 0 aromatic heterocycles. The number of hydrogen-bond donors (Lipinski definition) is 4. The lowest BCUT2D eigenvalue weighted by atomic mass is 10.0. The van der Waals surface area contributed by atoms with Crippen molar-refractivity contribution in [1.29, 1.82) is 0 Å². The Hall–Kier alpha value is -4.40. The van der Waals surface area contributed by atoms with Crippen LogP contribution in [0.2, 0.25) is 0 Å². The third-order valence-corrected chi connectivity index (χ3v) is 7.28. The molecule has 0 aliphatic heterocycles. The number of anilines is 4. The van der Waals surface area contributed by atoms with E-state index in [1.165, 1.54) is 0 Å². The Bertz CT molecular complexity index is 1480. The maximum absolute atomic E-state index is 13.3. The molecule has 0 saturated carbocycles. The number of allylic oxidation sites excluding steroid dienone is 2. The molecule has 4 N–H and O–H groups in total. The molecule has 0 saturated heterocycles. The van der Waals surface area contributed by atoms with Gasteiger partial charge in [0.2, 0.25) is 5.78 Å². The minimum absolute atomic E-state index is 0.0871. The van der Waals surface area contributed by atoms with Crippen LogP contribution in [-0.2, 0) is 4.79 Å². The minimum Gasteiger partial charge on any atom is -0.395 e. The minimum atomic E-state index is -0.152. The molecule has 0 unspecified atom stereocenters. The van der Waals surface area contributed by atoms with Gasteiger partial charge in [0.25, 0.3) is 0 Å². The predicted octanol–water partition coefficient (Wildman–Crippen LogP) is 5.59. The van der Waals surface area contributed by atoms with Gasteiger partial charge in [-0.15, -0.1) is 0 Å². The second-order valence-corrected chi connectivity index (χ2v) is 10.2. The highest BCUT2D eigenvalue weighted by atomic mass is 16.3. The number of aryl methyl sites for hydroxylation is 2. The molecule has 220 valence electrons. The Morgan fingerprint density at radius 1 is 0.738 bits per heavy atom. The molecule has 0 amide bonds. The second-order valence-electron chi connectivity index (χ2n) is 10.2. The summed E-state index contributed by atoms with van der Waals surface area (Å²) in [4.78, 5) is 22.6. The van der Waals surface area contributed by atoms with Crippen LogP contribution >= 0.6 is 0 Å². The molecule has 0 bridgehead atoms. The average Bonchev–Trinajstić information content (AvgIpc) is 2.99. The monoisotopic (exact) mass is 567 g/mol. The van der Waals surface area contributed by atoms with E-state index < -0.39 is 0 Å². The van der Waals surface area contributed by atoms with Crippen molar-refractivity contribution in [3.8, 4) is 0 Å². The molecule has 0 heterocycles. The van der Waals surface area contributed by atoms with E-state index in [-0.39, 0.29) is 19.0 Å². The van der Waals surface area contributed by atoms with Crippen molar-refractivity contribution in [3.05, 3.63) is 101 Å². The molecular weight excluding hydrogens is 526 g/mol. The van der Waals surface area contributed by atoms with Gasteiger partial charge in [0.15, 0.2) is 0 Å². The first-order chi connectivity index (χ1) is 20.4. The first-order valence-corrected chi connectivity index (χ1v) is 14.5. The number of rotatable bonds is 13. The highest BCUT2D eigenvalue weighted by Crippen LogP contribution is 2.29. The Kier molecular flexibility index (Phi) is 10.5. The van der Waals surface area contributed by atoms with Gasteiger partial charge < -0.3 is 30.6 Å². The molecule has 1 aliphatic carbocycles. The molecule has 0 atom stereocenters. The van der Waals surface area contributed by atoms with E-state index in [0.717, 1.165) is 52.7 Å². The van der Waals surface area contributed by atoms with E-state index in [0.29, 0.717) is 30.2 Å². The summed E-state index contributed by atoms with van der Waals surface area (Å²) in [5, 5.41) is 25.5. The highest BCUT2D eigenvalue weighted by molar-refractivity contribution is 6.24. The first kappa shape index (κ1) is 30.6. The number of aliphatic hydroxyl groups excluding tert-OH is 2. The van der Waals surface area contributed by atoms with Gasteiger partial charge in [0.1, 0.15) is 0 Å². The van der Waals surface area contributed by atoms with Gasteiger partial charge >= 0.3 is 0 Å². The number of benzene rings is 3. The number of carbonyl (C=O) groups excluding carboxylic acids is 1. The summed E-state index contributed by atoms with van der Waals surface area (Å²) in [5.74, 6) is -0.152. The van der Waals surface area contributed by atoms with Crippen LogP contribution in [0.4, 0.5) is 28.4 Å². The topological polar surface area (TPSA) is 100 Å². The number of ketones is 1. The van der Waals surface area contributed by atoms with Crippen molar-refractivity contribution in [2.45, 2.75) is 27.7 Å². The largest absolute Gasteiger partial charge is 0.395 e. The molecule has 0 fully saturated rings. The number of carbonyl (C=O) groups is 1. The molecule has 8 nitrogen and oxygen atoms in total. The smallest absolute Gasteiger partial charge is 0.204 e. The Morgan fingerprint density at radius 2 is 1.36 bits per heavy atom. The summed E-state index contributed by atoms with van der Waals surface area (Å²) in [6.45, 7) is 11.0. The zero-order chi connectivity index (χ0) is 30.1. The van der Waals surface area contributed by atoms with Gasteiger partial charge in [-0.1, -0.05) is 18.2 Å². The van der Waals surface area contributed by atoms with E-state index in [1.807, 2.05) is 68.4 Å². The van der Waals surface area contributed by atoms with Gasteiger partial charge in [-0.3, -0.25) is 4.79 Å². The van der Waals surface area contributed by atoms with Crippen LogP contribution in [0.15, 0.2) is 95.3 Å². The van der Waals surface area contributed by atoms with Crippen LogP contribution in [0.1, 0.15) is 25.0 Å². The summed E-state index contributed by atoms with van der Waals surface area (Å²) in [6.07, 6.45) is 3.38. The SMILES string of the molecule is CCN(CCO)c1ccc(/N=C2/C=C(Nc3ccc(N(CC)CCO)cc3C)C(=O)C=C2Nc2ccccc2)c(C)c1. The number of nitrogens with zero attached hydrogens (tertiary/aromatic N) is 3. The average molecular weight is 568 g/mol. The summed E-state index contributed by atoms with van der Waals surface area (Å²) >= 11 is 0. The van der Waals surface area contributed by atoms with Crippen molar-refractivity contribution in [3.63, 3.8) is 0 Å². The zero-order valence-corrected chi connectivity index (χ0v) is 24.9. The zero-order valence-electron chi connectivity index (χ0n) is 24.9. The molecule has 42 heavy (non-hydrogen) atoms. The second kappa shape index (κ2) is 14.5. The van der Waals surface area contributed by atoms with Crippen molar-refractivity contribution in [2.75, 3.05) is 59.8 Å². The summed E-state index contributed by atoms with van der Waals surface area (Å²) < 4.78 is 0. The van der Waals surface area contributed by atoms with E-state index >= 15 is 0 Å². The fraction of sp³-hybridized carbons (Fsp3) is 0.294. The molecule has 3 aromatic rings. The molecule has 0 radical (unpaired) electrons. The number of aliphatic hydroxyl groups is 2. The molecule has 0 spiro atoms. The van der Waals surface area contributed by atoms with Gasteiger partial charge in [0.05, 0.1) is 36.0 Å². The maximum Gasteiger partial charge on any atom is 0.204 e. The Balaban J connectivity index is 1.68. The third-order valence-electron chi connectivity index (χ3n) is 7.28. The first-order valence-electron chi connectivity index (χ1n) is 14.5. The molecular formula is C34H41N5O3. The summed E-state index contributed by atoms with van der Waals surface area (Å²) in [5.41, 5.74) is 8.20. The van der Waals surface area contributed by atoms with Gasteiger partial charge in [0, 0.05) is 55.0 Å². The van der Waals surface area contributed by atoms with E-state index in [9.17, 15) is 15.0 Å². The number of para-hydroxylation sites is 1. The molecule has 3 aromatic carbocycles. The van der Waals surface area contributed by atoms with Crippen LogP contribution in [-0.4, -0.2) is 61.1 Å². The van der Waals surface area contributed by atoms with E-state index in [1.54, 1.807) is 12.2 Å². The third kappa shape index (κ3) is 7.46. The van der Waals surface area contributed by atoms with Crippen molar-refractivity contribution < 1.29 is 15.0 Å². The molecule has 8 heteroatoms. The maximum atomic E-state index is 13.3. The lowest BCUT2D eigenvalue weighted by Gasteiger charge is -2.24. The lowest BCUT2D eigenvalue weighted by molar-refractivity contribution is -0.111. The highest BCUT2D eigenvalue weighted by Gasteiger charge is 2.21. The van der Waals surface area contributed by atoms with Crippen LogP contribution in [0.3, 0.4) is 0 Å². The Morgan fingerprint density at radius 3 is 1.93 bits per heavy atom. The van der Waals surface area contributed by atoms with Crippen LogP contribution < -0.4 is 20.4 Å². The number of aliphatic imine (C=N–C) groups is 1. The number of nitrogens with one attached hydrogen (secondary N) is 2. The van der Waals surface area contributed by atoms with Crippen LogP contribution in [0.5, 0.6) is 0 Å². The quantitative estimate of drug-likeness (QED) is 0.200. The van der Waals surface area contributed by atoms with E-state index in [4.69, 9.17) is 4.99 Å². The standard InChI is InChI=1S/C34H41N5O3/c1-5-38(16-18-40)27-12-14-29(24(3)20-27)36-31-22-33(34(42)23-32(31)35-26-10-8-7-9-11-26)37-30-15-13-28(21-25(30)4)39(6-2)17-19-41/h7-15,20-23,35,37,40-41H,5-6,16-19H2,1-4H3/b36-31-. The van der Waals surface area contributed by atoms with Crippen molar-refractivity contribution in [1.82, 2.24) is 0 Å². The summed E-state index contributed by atoms with van der Waals surface area (Å²) in [6, 6.07) is 21.8. The van der Waals surface area contributed by atoms with Gasteiger partial charge in [-0.2, -0.15) is 0 Å². The van der Waals surface area contributed by atoms with Crippen molar-refractivity contribution in [2.24, 2.45) is 4.99 Å². The number of likely N-dealkylation sites (N-methyl/N-ethyl adjacent to an activating group) is 2. The van der Waals surface area contributed by atoms with Crippen LogP contribution in [0, 0.1) is 13.8 Å². The van der Waals surface area contributed by atoms with Gasteiger partial charge in [-0.05, 0) is 93.4 Å².